The van der Waals surface area contributed by atoms with E-state index in [1.54, 1.807) is 48.5 Å². The molecule has 168 valence electrons. The fourth-order valence-corrected chi connectivity index (χ4v) is 3.27. The number of methoxy groups -OCH3 is 4. The predicted octanol–water partition coefficient (Wildman–Crippen LogP) is 2.44. The second-order valence-electron chi connectivity index (χ2n) is 6.57. The van der Waals surface area contributed by atoms with Crippen molar-refractivity contribution < 1.29 is 38.1 Å². The summed E-state index contributed by atoms with van der Waals surface area (Å²) in [7, 11) is 4.88. The number of esters is 4. The fraction of sp³-hybridized carbons (Fsp3) is 0.250. The van der Waals surface area contributed by atoms with Gasteiger partial charge in [-0.05, 0) is 22.3 Å². The summed E-state index contributed by atoms with van der Waals surface area (Å²) >= 11 is 0. The largest absolute Gasteiger partial charge is 0.469 e. The van der Waals surface area contributed by atoms with E-state index >= 15 is 0 Å². The third kappa shape index (κ3) is 5.60. The average Bonchev–Trinajstić information content (AvgIpc) is 2.83. The topological polar surface area (TPSA) is 105 Å². The first-order valence-electron chi connectivity index (χ1n) is 9.57. The zero-order valence-corrected chi connectivity index (χ0v) is 18.2. The molecule has 0 radical (unpaired) electrons. The molecule has 0 fully saturated rings. The van der Waals surface area contributed by atoms with E-state index in [0.29, 0.717) is 16.7 Å². The predicted molar refractivity (Wildman–Crippen MR) is 114 cm³/mol. The lowest BCUT2D eigenvalue weighted by atomic mass is 9.83. The third-order valence-corrected chi connectivity index (χ3v) is 4.80. The molecule has 0 saturated heterocycles. The zero-order valence-electron chi connectivity index (χ0n) is 18.2. The van der Waals surface area contributed by atoms with E-state index in [-0.39, 0.29) is 17.6 Å². The molecule has 2 aromatic rings. The number of carbonyl (C=O) groups is 4. The maximum Gasteiger partial charge on any atom is 0.338 e. The highest BCUT2D eigenvalue weighted by atomic mass is 16.5. The minimum Gasteiger partial charge on any atom is -0.469 e. The van der Waals surface area contributed by atoms with Crippen LogP contribution in [0.5, 0.6) is 0 Å². The van der Waals surface area contributed by atoms with Crippen molar-refractivity contribution in [2.45, 2.75) is 12.3 Å². The van der Waals surface area contributed by atoms with E-state index in [2.05, 4.69) is 4.74 Å². The van der Waals surface area contributed by atoms with Gasteiger partial charge in [-0.2, -0.15) is 0 Å². The number of benzene rings is 2. The molecule has 0 N–H and O–H groups in total. The van der Waals surface area contributed by atoms with Gasteiger partial charge < -0.3 is 18.9 Å². The Morgan fingerprint density at radius 2 is 1.41 bits per heavy atom. The first kappa shape index (κ1) is 24.3. The summed E-state index contributed by atoms with van der Waals surface area (Å²) in [6.45, 7) is 0. The second kappa shape index (κ2) is 11.5. The number of carbonyl (C=O) groups excluding carboxylic acids is 4. The smallest absolute Gasteiger partial charge is 0.338 e. The Morgan fingerprint density at radius 3 is 2.00 bits per heavy atom. The first-order valence-corrected chi connectivity index (χ1v) is 9.57. The van der Waals surface area contributed by atoms with Crippen LogP contribution in [0.2, 0.25) is 0 Å². The average molecular weight is 440 g/mol. The van der Waals surface area contributed by atoms with E-state index in [0.717, 1.165) is 6.08 Å². The molecular weight excluding hydrogens is 416 g/mol. The van der Waals surface area contributed by atoms with E-state index in [1.165, 1.54) is 28.4 Å². The highest BCUT2D eigenvalue weighted by Crippen LogP contribution is 2.34. The molecule has 0 saturated carbocycles. The molecule has 8 heteroatoms. The summed E-state index contributed by atoms with van der Waals surface area (Å²) in [6, 6.07) is 13.4. The zero-order chi connectivity index (χ0) is 23.7. The lowest BCUT2D eigenvalue weighted by molar-refractivity contribution is -0.142. The fourth-order valence-electron chi connectivity index (χ4n) is 3.27. The van der Waals surface area contributed by atoms with Gasteiger partial charge in [0.05, 0.1) is 40.4 Å². The van der Waals surface area contributed by atoms with Crippen LogP contribution in [0.15, 0.2) is 54.6 Å². The molecule has 0 spiro atoms. The van der Waals surface area contributed by atoms with Gasteiger partial charge in [0.1, 0.15) is 5.92 Å². The van der Waals surface area contributed by atoms with Gasteiger partial charge in [-0.3, -0.25) is 9.59 Å². The molecule has 0 aliphatic rings. The van der Waals surface area contributed by atoms with Crippen LogP contribution >= 0.6 is 0 Å². The second-order valence-corrected chi connectivity index (χ2v) is 6.57. The molecule has 2 rings (SSSR count). The van der Waals surface area contributed by atoms with Crippen molar-refractivity contribution >= 4 is 29.5 Å². The van der Waals surface area contributed by atoms with Gasteiger partial charge in [-0.1, -0.05) is 48.5 Å². The Bertz CT molecular complexity index is 1040. The molecule has 0 amide bonds. The third-order valence-electron chi connectivity index (χ3n) is 4.80. The molecule has 0 heterocycles. The molecule has 0 aliphatic carbocycles. The van der Waals surface area contributed by atoms with Gasteiger partial charge in [-0.25, -0.2) is 9.59 Å². The summed E-state index contributed by atoms with van der Waals surface area (Å²) < 4.78 is 19.3. The summed E-state index contributed by atoms with van der Waals surface area (Å²) in [5.74, 6) is -3.63. The minimum atomic E-state index is -0.997. The van der Waals surface area contributed by atoms with Gasteiger partial charge in [-0.15, -0.1) is 0 Å². The van der Waals surface area contributed by atoms with Gasteiger partial charge in [0, 0.05) is 6.08 Å². The summed E-state index contributed by atoms with van der Waals surface area (Å²) in [5, 5.41) is 0. The molecule has 0 unspecified atom stereocenters. The summed E-state index contributed by atoms with van der Waals surface area (Å²) in [5.41, 5.74) is 1.64. The van der Waals surface area contributed by atoms with Crippen molar-refractivity contribution in [1.29, 1.82) is 0 Å². The number of hydrogen-bond donors (Lipinski definition) is 0. The lowest BCUT2D eigenvalue weighted by Crippen LogP contribution is -2.21. The van der Waals surface area contributed by atoms with Crippen LogP contribution in [0, 0.1) is 0 Å². The van der Waals surface area contributed by atoms with E-state index in [1.807, 2.05) is 0 Å². The lowest BCUT2D eigenvalue weighted by Gasteiger charge is -2.22. The van der Waals surface area contributed by atoms with E-state index in [9.17, 15) is 19.2 Å². The van der Waals surface area contributed by atoms with Crippen LogP contribution < -0.4 is 0 Å². The van der Waals surface area contributed by atoms with Crippen LogP contribution in [-0.2, 0) is 44.5 Å². The monoisotopic (exact) mass is 440 g/mol. The SMILES string of the molecule is COC(=O)/C=C(\C(=O)OC)c1ccccc1[C@@H](C(=O)OC)c1ccccc1CC(=O)OC. The molecule has 2 aromatic carbocycles. The number of hydrogen-bond acceptors (Lipinski definition) is 8. The van der Waals surface area contributed by atoms with Gasteiger partial charge in [0.25, 0.3) is 0 Å². The van der Waals surface area contributed by atoms with Crippen LogP contribution in [0.4, 0.5) is 0 Å². The quantitative estimate of drug-likeness (QED) is 0.350. The highest BCUT2D eigenvalue weighted by molar-refractivity contribution is 6.21. The molecule has 8 nitrogen and oxygen atoms in total. The first-order chi connectivity index (χ1) is 15.4. The van der Waals surface area contributed by atoms with Crippen LogP contribution in [0.25, 0.3) is 5.57 Å². The highest BCUT2D eigenvalue weighted by Gasteiger charge is 2.31. The summed E-state index contributed by atoms with van der Waals surface area (Å²) in [6.07, 6.45) is 0.934. The Balaban J connectivity index is 2.77. The van der Waals surface area contributed by atoms with Crippen LogP contribution in [-0.4, -0.2) is 52.3 Å². The molecule has 1 atom stereocenters. The Hall–Kier alpha value is -3.94. The maximum absolute atomic E-state index is 12.9. The number of rotatable bonds is 8. The van der Waals surface area contributed by atoms with Crippen molar-refractivity contribution in [2.24, 2.45) is 0 Å². The molecule has 0 aliphatic heterocycles. The Morgan fingerprint density at radius 1 is 0.781 bits per heavy atom. The standard InChI is InChI=1S/C24H24O8/c1-29-20(25)13-15-9-5-6-10-16(15)22(24(28)32-4)18-12-8-7-11-17(18)19(23(27)31-3)14-21(26)30-2/h5-12,14,22H,13H2,1-4H3/b19-14-/t22-/m0/s1. The molecular formula is C24H24O8. The molecule has 32 heavy (non-hydrogen) atoms. The maximum atomic E-state index is 12.9. The Labute approximate surface area is 185 Å². The van der Waals surface area contributed by atoms with Crippen molar-refractivity contribution in [1.82, 2.24) is 0 Å². The minimum absolute atomic E-state index is 0.0653. The van der Waals surface area contributed by atoms with Crippen molar-refractivity contribution in [3.05, 3.63) is 76.9 Å². The van der Waals surface area contributed by atoms with Crippen molar-refractivity contribution in [2.75, 3.05) is 28.4 Å². The van der Waals surface area contributed by atoms with Crippen molar-refractivity contribution in [3.63, 3.8) is 0 Å². The van der Waals surface area contributed by atoms with Crippen molar-refractivity contribution in [3.8, 4) is 0 Å². The normalized spacial score (nSPS) is 11.8. The molecule has 0 bridgehead atoms. The van der Waals surface area contributed by atoms with Gasteiger partial charge >= 0.3 is 23.9 Å². The van der Waals surface area contributed by atoms with E-state index < -0.39 is 29.8 Å². The van der Waals surface area contributed by atoms with Gasteiger partial charge in [0.15, 0.2) is 0 Å². The Kier molecular flexibility index (Phi) is 8.71. The number of ether oxygens (including phenoxy) is 4. The van der Waals surface area contributed by atoms with Crippen LogP contribution in [0.3, 0.4) is 0 Å². The summed E-state index contributed by atoms with van der Waals surface area (Å²) in [4.78, 5) is 49.3. The van der Waals surface area contributed by atoms with E-state index in [4.69, 9.17) is 14.2 Å². The van der Waals surface area contributed by atoms with Gasteiger partial charge in [0.2, 0.25) is 0 Å². The molecule has 0 aromatic heterocycles. The van der Waals surface area contributed by atoms with Crippen LogP contribution in [0.1, 0.15) is 28.2 Å².